The number of hydrogen-bond donors (Lipinski definition) is 4. The van der Waals surface area contributed by atoms with Gasteiger partial charge in [-0.2, -0.15) is 0 Å². The molecule has 0 aliphatic heterocycles. The monoisotopic (exact) mass is 329 g/mol. The minimum absolute atomic E-state index is 0.0781. The molecule has 0 spiro atoms. The summed E-state index contributed by atoms with van der Waals surface area (Å²) in [6, 6.07) is 7.63. The van der Waals surface area contributed by atoms with E-state index in [-0.39, 0.29) is 18.3 Å². The van der Waals surface area contributed by atoms with E-state index in [2.05, 4.69) is 15.6 Å². The molecule has 0 unspecified atom stereocenters. The van der Waals surface area contributed by atoms with Crippen molar-refractivity contribution in [3.8, 4) is 5.75 Å². The molecule has 0 aliphatic carbocycles. The van der Waals surface area contributed by atoms with Gasteiger partial charge in [-0.3, -0.25) is 9.78 Å². The third-order valence-electron chi connectivity index (χ3n) is 3.73. The summed E-state index contributed by atoms with van der Waals surface area (Å²) in [5.41, 5.74) is 3.58. The van der Waals surface area contributed by atoms with Gasteiger partial charge in [0.15, 0.2) is 0 Å². The molecule has 0 radical (unpaired) electrons. The smallest absolute Gasteiger partial charge is 0.225 e. The lowest BCUT2D eigenvalue weighted by Gasteiger charge is -2.12. The number of benzene rings is 1. The molecule has 6 heteroatoms. The van der Waals surface area contributed by atoms with Crippen molar-refractivity contribution >= 4 is 11.6 Å². The van der Waals surface area contributed by atoms with Crippen LogP contribution in [0.4, 0.5) is 5.69 Å². The molecule has 0 saturated heterocycles. The first kappa shape index (κ1) is 17.9. The molecule has 4 N–H and O–H groups in total. The van der Waals surface area contributed by atoms with E-state index in [1.54, 1.807) is 13.1 Å². The van der Waals surface area contributed by atoms with Gasteiger partial charge in [0.2, 0.25) is 5.91 Å². The molecule has 0 aliphatic rings. The quantitative estimate of drug-likeness (QED) is 0.583. The summed E-state index contributed by atoms with van der Waals surface area (Å²) in [4.78, 5) is 15.9. The lowest BCUT2D eigenvalue weighted by Crippen LogP contribution is -2.22. The zero-order chi connectivity index (χ0) is 17.5. The lowest BCUT2D eigenvalue weighted by atomic mass is 10.1. The molecule has 1 amide bonds. The van der Waals surface area contributed by atoms with Crippen LogP contribution in [0.25, 0.3) is 0 Å². The first-order valence-corrected chi connectivity index (χ1v) is 7.85. The molecule has 2 aromatic rings. The van der Waals surface area contributed by atoms with Crippen molar-refractivity contribution in [3.05, 3.63) is 52.8 Å². The van der Waals surface area contributed by atoms with Crippen LogP contribution in [0.5, 0.6) is 5.75 Å². The summed E-state index contributed by atoms with van der Waals surface area (Å²) in [5.74, 6) is 0.00359. The highest BCUT2D eigenvalue weighted by molar-refractivity contribution is 5.90. The van der Waals surface area contributed by atoms with E-state index < -0.39 is 0 Å². The average molecular weight is 329 g/mol. The summed E-state index contributed by atoms with van der Waals surface area (Å²) >= 11 is 0. The number of aliphatic hydroxyl groups is 1. The second kappa shape index (κ2) is 8.42. The lowest BCUT2D eigenvalue weighted by molar-refractivity contribution is -0.116. The van der Waals surface area contributed by atoms with Crippen LogP contribution in [0.2, 0.25) is 0 Å². The van der Waals surface area contributed by atoms with Gasteiger partial charge >= 0.3 is 0 Å². The minimum Gasteiger partial charge on any atom is -0.506 e. The number of pyridine rings is 1. The van der Waals surface area contributed by atoms with Gasteiger partial charge in [0, 0.05) is 42.5 Å². The van der Waals surface area contributed by atoms with E-state index in [1.807, 2.05) is 31.2 Å². The van der Waals surface area contributed by atoms with E-state index in [1.165, 1.54) is 0 Å². The number of anilines is 1. The summed E-state index contributed by atoms with van der Waals surface area (Å²) in [6.45, 7) is 4.31. The normalized spacial score (nSPS) is 10.6. The fourth-order valence-electron chi connectivity index (χ4n) is 2.38. The van der Waals surface area contributed by atoms with Gasteiger partial charge in [-0.05, 0) is 31.5 Å². The maximum absolute atomic E-state index is 11.9. The number of aryl methyl sites for hydroxylation is 2. The number of nitrogens with one attached hydrogen (secondary N) is 2. The van der Waals surface area contributed by atoms with Gasteiger partial charge in [0.1, 0.15) is 5.75 Å². The number of nitrogens with zero attached hydrogens (tertiary/aromatic N) is 1. The third kappa shape index (κ3) is 4.78. The van der Waals surface area contributed by atoms with Crippen molar-refractivity contribution in [1.82, 2.24) is 10.3 Å². The Kier molecular flexibility index (Phi) is 6.28. The maximum Gasteiger partial charge on any atom is 0.225 e. The van der Waals surface area contributed by atoms with Crippen molar-refractivity contribution in [3.63, 3.8) is 0 Å². The molecule has 1 aromatic heterocycles. The van der Waals surface area contributed by atoms with Crippen molar-refractivity contribution in [2.24, 2.45) is 0 Å². The fourth-order valence-corrected chi connectivity index (χ4v) is 2.38. The van der Waals surface area contributed by atoms with Gasteiger partial charge in [0.05, 0.1) is 12.3 Å². The van der Waals surface area contributed by atoms with Crippen LogP contribution in [0.15, 0.2) is 30.5 Å². The van der Waals surface area contributed by atoms with Crippen molar-refractivity contribution < 1.29 is 15.0 Å². The van der Waals surface area contributed by atoms with E-state index in [9.17, 15) is 15.0 Å². The second-order valence-electron chi connectivity index (χ2n) is 5.70. The van der Waals surface area contributed by atoms with Crippen molar-refractivity contribution in [2.45, 2.75) is 33.4 Å². The predicted molar refractivity (Wildman–Crippen MR) is 92.7 cm³/mol. The van der Waals surface area contributed by atoms with Gasteiger partial charge in [-0.15, -0.1) is 0 Å². The molecule has 24 heavy (non-hydrogen) atoms. The number of carbonyl (C=O) groups excluding carboxylic acids is 1. The number of hydrogen-bond acceptors (Lipinski definition) is 5. The topological polar surface area (TPSA) is 94.5 Å². The molecule has 0 bridgehead atoms. The van der Waals surface area contributed by atoms with E-state index >= 15 is 0 Å². The summed E-state index contributed by atoms with van der Waals surface area (Å²) in [6.07, 6.45) is 1.86. The Labute approximate surface area is 141 Å². The number of aromatic hydroxyl groups is 1. The Bertz CT molecular complexity index is 717. The molecule has 0 saturated carbocycles. The number of amides is 1. The summed E-state index contributed by atoms with van der Waals surface area (Å²) in [7, 11) is 0. The van der Waals surface area contributed by atoms with Gasteiger partial charge in [0.25, 0.3) is 0 Å². The summed E-state index contributed by atoms with van der Waals surface area (Å²) in [5, 5.41) is 25.3. The molecule has 2 rings (SSSR count). The average Bonchev–Trinajstić information content (AvgIpc) is 2.55. The van der Waals surface area contributed by atoms with Crippen LogP contribution in [0, 0.1) is 13.8 Å². The van der Waals surface area contributed by atoms with Crippen LogP contribution < -0.4 is 10.6 Å². The molecule has 1 heterocycles. The largest absolute Gasteiger partial charge is 0.506 e. The van der Waals surface area contributed by atoms with E-state index in [0.29, 0.717) is 36.3 Å². The number of aromatic nitrogens is 1. The van der Waals surface area contributed by atoms with Crippen LogP contribution in [-0.4, -0.2) is 27.6 Å². The number of carbonyl (C=O) groups is 1. The van der Waals surface area contributed by atoms with Crippen LogP contribution in [0.1, 0.15) is 28.8 Å². The molecule has 0 atom stereocenters. The molecule has 6 nitrogen and oxygen atoms in total. The Balaban J connectivity index is 1.83. The summed E-state index contributed by atoms with van der Waals surface area (Å²) < 4.78 is 0. The SMILES string of the molecule is Cc1cccc(NC(=O)CCNCc2c(CO)cnc(C)c2O)c1. The van der Waals surface area contributed by atoms with Crippen molar-refractivity contribution in [2.75, 3.05) is 11.9 Å². The highest BCUT2D eigenvalue weighted by atomic mass is 16.3. The molecule has 0 fully saturated rings. The highest BCUT2D eigenvalue weighted by Crippen LogP contribution is 2.23. The van der Waals surface area contributed by atoms with Crippen molar-refractivity contribution in [1.29, 1.82) is 0 Å². The number of aliphatic hydroxyl groups excluding tert-OH is 1. The molecular weight excluding hydrogens is 306 g/mol. The van der Waals surface area contributed by atoms with Crippen LogP contribution in [0.3, 0.4) is 0 Å². The van der Waals surface area contributed by atoms with E-state index in [4.69, 9.17) is 0 Å². The Morgan fingerprint density at radius 2 is 2.08 bits per heavy atom. The molecule has 128 valence electrons. The zero-order valence-corrected chi connectivity index (χ0v) is 14.0. The van der Waals surface area contributed by atoms with Gasteiger partial charge in [-0.25, -0.2) is 0 Å². The Hall–Kier alpha value is -2.44. The van der Waals surface area contributed by atoms with E-state index in [0.717, 1.165) is 11.3 Å². The van der Waals surface area contributed by atoms with Crippen LogP contribution >= 0.6 is 0 Å². The van der Waals surface area contributed by atoms with Gasteiger partial charge in [-0.1, -0.05) is 12.1 Å². The first-order valence-electron chi connectivity index (χ1n) is 7.85. The second-order valence-corrected chi connectivity index (χ2v) is 5.70. The minimum atomic E-state index is -0.189. The highest BCUT2D eigenvalue weighted by Gasteiger charge is 2.11. The Morgan fingerprint density at radius 1 is 1.29 bits per heavy atom. The number of rotatable bonds is 7. The Morgan fingerprint density at radius 3 is 2.79 bits per heavy atom. The predicted octanol–water partition coefficient (Wildman–Crippen LogP) is 2.01. The van der Waals surface area contributed by atoms with Gasteiger partial charge < -0.3 is 20.8 Å². The maximum atomic E-state index is 11.9. The fraction of sp³-hybridized carbons (Fsp3) is 0.333. The standard InChI is InChI=1S/C18H23N3O3/c1-12-4-3-5-15(8-12)21-17(23)6-7-19-10-16-14(11-22)9-20-13(2)18(16)24/h3-5,8-9,19,22,24H,6-7,10-11H2,1-2H3,(H,21,23). The third-order valence-corrected chi connectivity index (χ3v) is 3.73. The van der Waals surface area contributed by atoms with Crippen LogP contribution in [-0.2, 0) is 17.9 Å². The first-order chi connectivity index (χ1) is 11.5. The molecule has 1 aromatic carbocycles. The zero-order valence-electron chi connectivity index (χ0n) is 14.0. The molecular formula is C18H23N3O3.